The molecule has 1 aromatic carbocycles. The molecular formula is C19H24FN5O3S. The van der Waals surface area contributed by atoms with Crippen molar-refractivity contribution in [3.05, 3.63) is 24.0 Å². The largest absolute Gasteiger partial charge is 0.474 e. The summed E-state index contributed by atoms with van der Waals surface area (Å²) in [5.74, 6) is -0.402. The maximum atomic E-state index is 14.8. The third-order valence-corrected chi connectivity index (χ3v) is 5.80. The second-order valence-electron chi connectivity index (χ2n) is 7.30. The summed E-state index contributed by atoms with van der Waals surface area (Å²) in [7, 11) is 1.46. The van der Waals surface area contributed by atoms with Crippen LogP contribution in [0.3, 0.4) is 0 Å². The van der Waals surface area contributed by atoms with Crippen molar-refractivity contribution in [3.63, 3.8) is 0 Å². The molecule has 1 aliphatic carbocycles. The molecule has 3 aliphatic rings. The van der Waals surface area contributed by atoms with E-state index in [1.165, 1.54) is 37.3 Å². The lowest BCUT2D eigenvalue weighted by molar-refractivity contribution is 0.132. The molecule has 10 heteroatoms. The van der Waals surface area contributed by atoms with Gasteiger partial charge in [-0.25, -0.2) is 9.18 Å². The van der Waals surface area contributed by atoms with Gasteiger partial charge < -0.3 is 19.7 Å². The molecule has 0 spiro atoms. The molecule has 1 N–H and O–H groups in total. The second kappa shape index (κ2) is 8.40. The van der Waals surface area contributed by atoms with Gasteiger partial charge >= 0.3 is 6.09 Å². The number of hydrogen-bond donors (Lipinski definition) is 1. The van der Waals surface area contributed by atoms with Crippen LogP contribution in [0.5, 0.6) is 0 Å². The topological polar surface area (TPSA) is 69.6 Å². The van der Waals surface area contributed by atoms with Crippen LogP contribution >= 0.6 is 12.2 Å². The second-order valence-corrected chi connectivity index (χ2v) is 7.67. The Kier molecular flexibility index (Phi) is 5.70. The summed E-state index contributed by atoms with van der Waals surface area (Å²) in [5, 5.41) is 9.65. The van der Waals surface area contributed by atoms with Crippen molar-refractivity contribution in [3.8, 4) is 0 Å². The van der Waals surface area contributed by atoms with E-state index in [1.807, 2.05) is 0 Å². The molecule has 8 nitrogen and oxygen atoms in total. The van der Waals surface area contributed by atoms with Crippen molar-refractivity contribution in [2.24, 2.45) is 5.10 Å². The van der Waals surface area contributed by atoms with Gasteiger partial charge in [0, 0.05) is 12.6 Å². The SMILES string of the molecule is COC(=S)NCC1CN(c2ccc(N3C=NN(C4CCC4)CC3)c(F)c2)C(=O)O1. The van der Waals surface area contributed by atoms with Crippen LogP contribution in [-0.4, -0.2) is 68.0 Å². The summed E-state index contributed by atoms with van der Waals surface area (Å²) in [6.45, 7) is 2.09. The number of amides is 1. The normalized spacial score (nSPS) is 21.8. The standard InChI is InChI=1S/C19H24FN5O3S/c1-27-18(29)21-10-15-11-24(19(26)28-15)14-5-6-17(16(20)9-14)23-7-8-25(22-12-23)13-3-2-4-13/h5-6,9,12-13,15H,2-4,7-8,10-11H2,1H3,(H,21,29). The molecule has 4 rings (SSSR count). The number of carbonyl (C=O) groups is 1. The number of nitrogens with zero attached hydrogens (tertiary/aromatic N) is 4. The van der Waals surface area contributed by atoms with E-state index in [1.54, 1.807) is 23.4 Å². The van der Waals surface area contributed by atoms with Crippen molar-refractivity contribution < 1.29 is 18.7 Å². The van der Waals surface area contributed by atoms with Crippen LogP contribution in [0.25, 0.3) is 0 Å². The van der Waals surface area contributed by atoms with Crippen molar-refractivity contribution in [2.45, 2.75) is 31.4 Å². The number of methoxy groups -OCH3 is 1. The summed E-state index contributed by atoms with van der Waals surface area (Å²) < 4.78 is 25.0. The predicted octanol–water partition coefficient (Wildman–Crippen LogP) is 2.29. The molecule has 0 bridgehead atoms. The number of anilines is 2. The number of carbonyl (C=O) groups excluding carboxylic acids is 1. The third kappa shape index (κ3) is 4.21. The molecule has 29 heavy (non-hydrogen) atoms. The number of hydrazone groups is 1. The van der Waals surface area contributed by atoms with E-state index < -0.39 is 18.0 Å². The molecule has 0 radical (unpaired) electrons. The van der Waals surface area contributed by atoms with Gasteiger partial charge in [-0.05, 0) is 49.7 Å². The quantitative estimate of drug-likeness (QED) is 0.732. The fourth-order valence-corrected chi connectivity index (χ4v) is 3.69. The highest BCUT2D eigenvalue weighted by atomic mass is 32.1. The minimum atomic E-state index is -0.511. The Morgan fingerprint density at radius 3 is 2.86 bits per heavy atom. The summed E-state index contributed by atoms with van der Waals surface area (Å²) in [6, 6.07) is 5.29. The van der Waals surface area contributed by atoms with E-state index >= 15 is 0 Å². The minimum Gasteiger partial charge on any atom is -0.474 e. The van der Waals surface area contributed by atoms with Gasteiger partial charge in [-0.2, -0.15) is 5.10 Å². The number of nitrogens with one attached hydrogen (secondary N) is 1. The molecule has 2 aliphatic heterocycles. The average molecular weight is 421 g/mol. The van der Waals surface area contributed by atoms with Crippen molar-refractivity contribution in [2.75, 3.05) is 43.1 Å². The molecule has 156 valence electrons. The van der Waals surface area contributed by atoms with Crippen LogP contribution in [-0.2, 0) is 9.47 Å². The first kappa shape index (κ1) is 19.7. The Morgan fingerprint density at radius 1 is 1.41 bits per heavy atom. The molecule has 2 fully saturated rings. The lowest BCUT2D eigenvalue weighted by Gasteiger charge is -2.39. The van der Waals surface area contributed by atoms with E-state index in [0.29, 0.717) is 37.1 Å². The van der Waals surface area contributed by atoms with Gasteiger partial charge in [-0.15, -0.1) is 0 Å². The molecule has 1 unspecified atom stereocenters. The maximum absolute atomic E-state index is 14.8. The van der Waals surface area contributed by atoms with Gasteiger partial charge in [0.25, 0.3) is 5.17 Å². The number of ether oxygens (including phenoxy) is 2. The molecule has 1 saturated heterocycles. The first-order valence-electron chi connectivity index (χ1n) is 9.72. The monoisotopic (exact) mass is 421 g/mol. The molecule has 1 saturated carbocycles. The molecular weight excluding hydrogens is 397 g/mol. The van der Waals surface area contributed by atoms with Crippen LogP contribution < -0.4 is 15.1 Å². The fraction of sp³-hybridized carbons (Fsp3) is 0.526. The molecule has 2 heterocycles. The van der Waals surface area contributed by atoms with E-state index in [0.717, 1.165) is 6.54 Å². The van der Waals surface area contributed by atoms with Crippen LogP contribution in [0.1, 0.15) is 19.3 Å². The summed E-state index contributed by atoms with van der Waals surface area (Å²) in [4.78, 5) is 15.4. The first-order valence-corrected chi connectivity index (χ1v) is 10.1. The zero-order valence-corrected chi connectivity index (χ0v) is 17.0. The number of hydrogen-bond acceptors (Lipinski definition) is 7. The third-order valence-electron chi connectivity index (χ3n) is 5.49. The minimum absolute atomic E-state index is 0.231. The number of benzene rings is 1. The lowest BCUT2D eigenvalue weighted by atomic mass is 9.92. The van der Waals surface area contributed by atoms with Gasteiger partial charge in [-0.1, -0.05) is 0 Å². The Morgan fingerprint density at radius 2 is 2.24 bits per heavy atom. The molecule has 1 amide bonds. The average Bonchev–Trinajstić information content (AvgIpc) is 3.06. The van der Waals surface area contributed by atoms with Crippen molar-refractivity contribution in [1.29, 1.82) is 0 Å². The van der Waals surface area contributed by atoms with Gasteiger partial charge in [0.1, 0.15) is 18.3 Å². The van der Waals surface area contributed by atoms with Crippen LogP contribution in [0, 0.1) is 5.82 Å². The smallest absolute Gasteiger partial charge is 0.414 e. The van der Waals surface area contributed by atoms with Gasteiger partial charge in [0.15, 0.2) is 0 Å². The van der Waals surface area contributed by atoms with E-state index in [-0.39, 0.29) is 5.17 Å². The van der Waals surface area contributed by atoms with Crippen LogP contribution in [0.4, 0.5) is 20.6 Å². The summed E-state index contributed by atoms with van der Waals surface area (Å²) in [6.07, 6.45) is 4.39. The van der Waals surface area contributed by atoms with Crippen LogP contribution in [0.2, 0.25) is 0 Å². The first-order chi connectivity index (χ1) is 14.0. The number of halogens is 1. The lowest BCUT2D eigenvalue weighted by Crippen LogP contribution is -2.45. The van der Waals surface area contributed by atoms with E-state index in [2.05, 4.69) is 15.4 Å². The van der Waals surface area contributed by atoms with E-state index in [4.69, 9.17) is 21.7 Å². The number of rotatable bonds is 5. The Bertz CT molecular complexity index is 819. The number of thiocarbonyl (C=S) groups is 1. The predicted molar refractivity (Wildman–Crippen MR) is 112 cm³/mol. The van der Waals surface area contributed by atoms with E-state index in [9.17, 15) is 9.18 Å². The molecule has 1 aromatic rings. The Balaban J connectivity index is 1.40. The summed E-state index contributed by atoms with van der Waals surface area (Å²) in [5.41, 5.74) is 0.903. The summed E-state index contributed by atoms with van der Waals surface area (Å²) >= 11 is 4.91. The Hall–Kier alpha value is -2.62. The highest BCUT2D eigenvalue weighted by molar-refractivity contribution is 7.80. The number of cyclic esters (lactones) is 1. The highest BCUT2D eigenvalue weighted by Gasteiger charge is 2.33. The maximum Gasteiger partial charge on any atom is 0.414 e. The highest BCUT2D eigenvalue weighted by Crippen LogP contribution is 2.30. The fourth-order valence-electron chi connectivity index (χ4n) is 3.60. The van der Waals surface area contributed by atoms with Crippen molar-refractivity contribution in [1.82, 2.24) is 10.3 Å². The van der Waals surface area contributed by atoms with Gasteiger partial charge in [0.05, 0.1) is 38.1 Å². The van der Waals surface area contributed by atoms with Gasteiger partial charge in [0.2, 0.25) is 0 Å². The zero-order valence-electron chi connectivity index (χ0n) is 16.2. The molecule has 0 aromatic heterocycles. The Labute approximate surface area is 174 Å². The van der Waals surface area contributed by atoms with Crippen LogP contribution in [0.15, 0.2) is 23.3 Å². The zero-order chi connectivity index (χ0) is 20.4. The van der Waals surface area contributed by atoms with Gasteiger partial charge in [-0.3, -0.25) is 9.91 Å². The molecule has 1 atom stereocenters. The van der Waals surface area contributed by atoms with Crippen molar-refractivity contribution >= 4 is 41.2 Å².